The molecule has 11 heteroatoms. The Morgan fingerprint density at radius 2 is 1.94 bits per heavy atom. The molecule has 0 saturated heterocycles. The van der Waals surface area contributed by atoms with E-state index in [-0.39, 0.29) is 28.4 Å². The van der Waals surface area contributed by atoms with Gasteiger partial charge in [-0.3, -0.25) is 0 Å². The number of aliphatic carboxylic acids is 1. The number of benzene rings is 3. The van der Waals surface area contributed by atoms with E-state index in [1.165, 1.54) is 19.3 Å². The summed E-state index contributed by atoms with van der Waals surface area (Å²) in [5.41, 5.74) is 1.55. The third-order valence-corrected chi connectivity index (χ3v) is 6.48. The van der Waals surface area contributed by atoms with Crippen LogP contribution in [0.3, 0.4) is 0 Å². The molecule has 7 nitrogen and oxygen atoms in total. The van der Waals surface area contributed by atoms with Crippen molar-refractivity contribution >= 4 is 51.3 Å². The number of carboxylic acids is 1. The number of carbonyl (C=O) groups is 1. The summed E-state index contributed by atoms with van der Waals surface area (Å²) in [6.07, 6.45) is 1.44. The number of hydrogen-bond acceptors (Lipinski definition) is 7. The van der Waals surface area contributed by atoms with E-state index in [0.717, 1.165) is 11.8 Å². The maximum Gasteiger partial charge on any atom is 0.342 e. The molecule has 36 heavy (non-hydrogen) atoms. The number of methoxy groups -OCH3 is 1. The Kier molecular flexibility index (Phi) is 8.29. The summed E-state index contributed by atoms with van der Waals surface area (Å²) in [5.74, 6) is -0.632. The van der Waals surface area contributed by atoms with Crippen molar-refractivity contribution < 1.29 is 28.2 Å². The van der Waals surface area contributed by atoms with Crippen LogP contribution in [0.15, 0.2) is 79.7 Å². The second-order valence-electron chi connectivity index (χ2n) is 7.21. The summed E-state index contributed by atoms with van der Waals surface area (Å²) in [6.45, 7) is -0.0137. The van der Waals surface area contributed by atoms with Gasteiger partial charge in [0.1, 0.15) is 17.3 Å². The maximum absolute atomic E-state index is 13.9. The maximum atomic E-state index is 13.9. The minimum absolute atomic E-state index is 0.0137. The lowest BCUT2D eigenvalue weighted by molar-refractivity contribution is -0.131. The Bertz CT molecular complexity index is 1430. The van der Waals surface area contributed by atoms with E-state index in [1.807, 2.05) is 0 Å². The molecule has 4 aromatic rings. The van der Waals surface area contributed by atoms with Gasteiger partial charge >= 0.3 is 5.97 Å². The van der Waals surface area contributed by atoms with Crippen LogP contribution in [0.4, 0.5) is 4.39 Å². The summed E-state index contributed by atoms with van der Waals surface area (Å²) in [4.78, 5) is 11.9. The van der Waals surface area contributed by atoms with Crippen LogP contribution >= 0.6 is 39.3 Å². The van der Waals surface area contributed by atoms with Crippen molar-refractivity contribution in [2.24, 2.45) is 0 Å². The molecule has 0 bridgehead atoms. The molecule has 0 aliphatic heterocycles. The number of hydrogen-bond donors (Lipinski definition) is 1. The molecule has 0 saturated carbocycles. The summed E-state index contributed by atoms with van der Waals surface area (Å²) >= 11 is 10.1. The zero-order valence-corrected chi connectivity index (χ0v) is 21.7. The van der Waals surface area contributed by atoms with Gasteiger partial charge in [-0.05, 0) is 81.8 Å². The highest BCUT2D eigenvalue weighted by Gasteiger charge is 2.18. The van der Waals surface area contributed by atoms with Gasteiger partial charge in [-0.2, -0.15) is 0 Å². The van der Waals surface area contributed by atoms with Crippen molar-refractivity contribution in [2.75, 3.05) is 7.11 Å². The van der Waals surface area contributed by atoms with Crippen LogP contribution in [0.5, 0.6) is 11.5 Å². The first-order valence-corrected chi connectivity index (χ1v) is 12.3. The number of aromatic nitrogens is 2. The van der Waals surface area contributed by atoms with E-state index >= 15 is 0 Å². The normalized spacial score (nSPS) is 11.4. The highest BCUT2D eigenvalue weighted by atomic mass is 79.9. The molecule has 1 N–H and O–H groups in total. The van der Waals surface area contributed by atoms with E-state index in [2.05, 4.69) is 26.1 Å². The molecule has 0 spiro atoms. The van der Waals surface area contributed by atoms with Crippen molar-refractivity contribution in [3.05, 3.63) is 92.0 Å². The Hall–Kier alpha value is -3.34. The van der Waals surface area contributed by atoms with Crippen molar-refractivity contribution in [3.8, 4) is 23.0 Å². The van der Waals surface area contributed by atoms with Crippen molar-refractivity contribution in [3.63, 3.8) is 0 Å². The Morgan fingerprint density at radius 3 is 2.64 bits per heavy atom. The zero-order valence-electron chi connectivity index (χ0n) is 18.6. The fourth-order valence-corrected chi connectivity index (χ4v) is 4.44. The molecule has 0 unspecified atom stereocenters. The Labute approximate surface area is 223 Å². The lowest BCUT2D eigenvalue weighted by Gasteiger charge is -2.14. The number of rotatable bonds is 9. The van der Waals surface area contributed by atoms with Gasteiger partial charge in [-0.15, -0.1) is 10.2 Å². The quantitative estimate of drug-likeness (QED) is 0.163. The number of ether oxygens (including phenoxy) is 2. The SMILES string of the molecule is COc1cc(/C=C(\Sc2nnc(-c3ccc(Cl)cc3)o2)C(=O)O)cc(Br)c1OCc1ccccc1F. The number of halogens is 3. The Balaban J connectivity index is 1.56. The highest BCUT2D eigenvalue weighted by Crippen LogP contribution is 2.39. The third kappa shape index (κ3) is 6.26. The fourth-order valence-electron chi connectivity index (χ4n) is 3.07. The average Bonchev–Trinajstić information content (AvgIpc) is 3.32. The van der Waals surface area contributed by atoms with E-state index < -0.39 is 5.97 Å². The van der Waals surface area contributed by atoms with Crippen molar-refractivity contribution in [1.82, 2.24) is 10.2 Å². The van der Waals surface area contributed by atoms with Crippen molar-refractivity contribution in [1.29, 1.82) is 0 Å². The molecule has 0 atom stereocenters. The van der Waals surface area contributed by atoms with Crippen LogP contribution in [0, 0.1) is 5.82 Å². The van der Waals surface area contributed by atoms with Gasteiger partial charge in [0.2, 0.25) is 5.89 Å². The number of carboxylic acid groups (broad SMARTS) is 1. The van der Waals surface area contributed by atoms with E-state index in [4.69, 9.17) is 25.5 Å². The zero-order chi connectivity index (χ0) is 25.7. The molecule has 1 aromatic heterocycles. The van der Waals surface area contributed by atoms with Crippen LogP contribution in [0.25, 0.3) is 17.5 Å². The molecule has 1 heterocycles. The second kappa shape index (κ2) is 11.6. The average molecular weight is 592 g/mol. The standard InChI is InChI=1S/C25H17BrClFN2O5S/c1-33-20-11-14(10-18(26)22(20)34-13-16-4-2-3-5-19(16)28)12-21(24(31)32)36-25-30-29-23(35-25)15-6-8-17(27)9-7-15/h2-12H,13H2,1H3,(H,31,32)/b21-12-. The largest absolute Gasteiger partial charge is 0.493 e. The van der Waals surface area contributed by atoms with Gasteiger partial charge in [-0.1, -0.05) is 29.8 Å². The molecule has 0 aliphatic carbocycles. The van der Waals surface area contributed by atoms with E-state index in [1.54, 1.807) is 54.6 Å². The predicted molar refractivity (Wildman–Crippen MR) is 138 cm³/mol. The minimum Gasteiger partial charge on any atom is -0.493 e. The molecule has 184 valence electrons. The molecule has 4 rings (SSSR count). The first kappa shape index (κ1) is 25.7. The van der Waals surface area contributed by atoms with Crippen LogP contribution < -0.4 is 9.47 Å². The van der Waals surface area contributed by atoms with Gasteiger partial charge in [0, 0.05) is 16.1 Å². The first-order valence-electron chi connectivity index (χ1n) is 10.3. The van der Waals surface area contributed by atoms with Crippen LogP contribution in [0.1, 0.15) is 11.1 Å². The summed E-state index contributed by atoms with van der Waals surface area (Å²) in [6, 6.07) is 16.4. The number of thioether (sulfide) groups is 1. The van der Waals surface area contributed by atoms with E-state index in [9.17, 15) is 14.3 Å². The third-order valence-electron chi connectivity index (χ3n) is 4.79. The molecular weight excluding hydrogens is 575 g/mol. The predicted octanol–water partition coefficient (Wildman–Crippen LogP) is 7.10. The topological polar surface area (TPSA) is 94.7 Å². The number of nitrogens with zero attached hydrogens (tertiary/aromatic N) is 2. The monoisotopic (exact) mass is 590 g/mol. The van der Waals surface area contributed by atoms with E-state index in [0.29, 0.717) is 37.7 Å². The molecule has 3 aromatic carbocycles. The lowest BCUT2D eigenvalue weighted by atomic mass is 10.2. The summed E-state index contributed by atoms with van der Waals surface area (Å²) < 4.78 is 31.3. The van der Waals surface area contributed by atoms with Gasteiger partial charge < -0.3 is 19.0 Å². The molecule has 0 radical (unpaired) electrons. The smallest absolute Gasteiger partial charge is 0.342 e. The summed E-state index contributed by atoms with van der Waals surface area (Å²) in [7, 11) is 1.45. The summed E-state index contributed by atoms with van der Waals surface area (Å²) in [5, 5.41) is 18.3. The minimum atomic E-state index is -1.18. The van der Waals surface area contributed by atoms with Crippen molar-refractivity contribution in [2.45, 2.75) is 11.8 Å². The fraction of sp³-hybridized carbons (Fsp3) is 0.0800. The van der Waals surface area contributed by atoms with Crippen LogP contribution in [-0.2, 0) is 11.4 Å². The lowest BCUT2D eigenvalue weighted by Crippen LogP contribution is -2.01. The van der Waals surface area contributed by atoms with Gasteiger partial charge in [0.25, 0.3) is 5.22 Å². The van der Waals surface area contributed by atoms with Gasteiger partial charge in [0.15, 0.2) is 11.5 Å². The molecule has 0 fully saturated rings. The van der Waals surface area contributed by atoms with Crippen LogP contribution in [-0.4, -0.2) is 28.4 Å². The second-order valence-corrected chi connectivity index (χ2v) is 9.49. The van der Waals surface area contributed by atoms with Gasteiger partial charge in [-0.25, -0.2) is 9.18 Å². The molecule has 0 aliphatic rings. The first-order chi connectivity index (χ1) is 17.3. The molecular formula is C25H17BrClFN2O5S. The highest BCUT2D eigenvalue weighted by molar-refractivity contribution is 9.10. The van der Waals surface area contributed by atoms with Gasteiger partial charge in [0.05, 0.1) is 11.6 Å². The Morgan fingerprint density at radius 1 is 1.19 bits per heavy atom. The molecule has 0 amide bonds. The van der Waals surface area contributed by atoms with Crippen LogP contribution in [0.2, 0.25) is 5.02 Å².